The van der Waals surface area contributed by atoms with E-state index in [0.717, 1.165) is 23.1 Å². The van der Waals surface area contributed by atoms with Crippen LogP contribution in [-0.4, -0.2) is 23.9 Å². The van der Waals surface area contributed by atoms with E-state index in [1.54, 1.807) is 13.8 Å². The lowest BCUT2D eigenvalue weighted by Gasteiger charge is -2.06. The van der Waals surface area contributed by atoms with Crippen molar-refractivity contribution in [3.8, 4) is 17.6 Å². The van der Waals surface area contributed by atoms with Gasteiger partial charge < -0.3 is 10.2 Å². The van der Waals surface area contributed by atoms with Gasteiger partial charge in [-0.15, -0.1) is 20.5 Å². The zero-order chi connectivity index (χ0) is 19.6. The number of nitrogens with zero attached hydrogens (tertiary/aromatic N) is 8. The van der Waals surface area contributed by atoms with Crippen LogP contribution in [0.1, 0.15) is 22.6 Å². The van der Waals surface area contributed by atoms with Crippen molar-refractivity contribution in [1.29, 1.82) is 5.26 Å². The maximum absolute atomic E-state index is 10.2. The smallest absolute Gasteiger partial charge is 0.249 e. The fourth-order valence-electron chi connectivity index (χ4n) is 1.99. The molecule has 0 saturated carbocycles. The molecule has 3 rings (SSSR count). The van der Waals surface area contributed by atoms with Gasteiger partial charge in [0.25, 0.3) is 0 Å². The Labute approximate surface area is 161 Å². The molecule has 12 heteroatoms. The summed E-state index contributed by atoms with van der Waals surface area (Å²) >= 11 is 2.10. The molecule has 0 fully saturated rings. The van der Waals surface area contributed by atoms with E-state index in [1.165, 1.54) is 13.0 Å². The highest BCUT2D eigenvalue weighted by Crippen LogP contribution is 2.44. The Morgan fingerprint density at radius 1 is 0.963 bits per heavy atom. The second kappa shape index (κ2) is 7.52. The molecule has 0 radical (unpaired) electrons. The first-order valence-electron chi connectivity index (χ1n) is 7.46. The number of aromatic nitrogens is 3. The Morgan fingerprint density at radius 3 is 2.22 bits per heavy atom. The molecule has 0 aliphatic carbocycles. The molecule has 0 saturated heterocycles. The molecule has 0 spiro atoms. The Kier molecular flexibility index (Phi) is 5.15. The van der Waals surface area contributed by atoms with Crippen LogP contribution < -0.4 is 0 Å². The van der Waals surface area contributed by atoms with Gasteiger partial charge in [0.15, 0.2) is 5.00 Å². The largest absolute Gasteiger partial charge is 0.505 e. The maximum atomic E-state index is 10.2. The molecular formula is C15H12N8O2S2. The van der Waals surface area contributed by atoms with Gasteiger partial charge in [-0.3, -0.25) is 0 Å². The highest BCUT2D eigenvalue weighted by molar-refractivity contribution is 7.10. The minimum absolute atomic E-state index is 0.0719. The van der Waals surface area contributed by atoms with Gasteiger partial charge in [-0.25, -0.2) is 4.98 Å². The summed E-state index contributed by atoms with van der Waals surface area (Å²) in [6.45, 7) is 4.94. The van der Waals surface area contributed by atoms with Gasteiger partial charge in [-0.2, -0.15) is 14.0 Å². The minimum atomic E-state index is -0.248. The first kappa shape index (κ1) is 18.5. The lowest BCUT2D eigenvalue weighted by Crippen LogP contribution is -1.79. The summed E-state index contributed by atoms with van der Waals surface area (Å²) in [6.07, 6.45) is 0. The van der Waals surface area contributed by atoms with Gasteiger partial charge in [0, 0.05) is 23.2 Å². The molecule has 136 valence electrons. The van der Waals surface area contributed by atoms with Gasteiger partial charge in [0.2, 0.25) is 5.13 Å². The number of nitriles is 1. The molecule has 0 aliphatic heterocycles. The first-order valence-corrected chi connectivity index (χ1v) is 9.01. The van der Waals surface area contributed by atoms with Crippen LogP contribution in [0.2, 0.25) is 0 Å². The zero-order valence-electron chi connectivity index (χ0n) is 14.4. The van der Waals surface area contributed by atoms with Crippen LogP contribution in [0, 0.1) is 32.1 Å². The number of rotatable bonds is 4. The molecule has 3 aromatic rings. The van der Waals surface area contributed by atoms with Crippen molar-refractivity contribution in [3.63, 3.8) is 0 Å². The third-order valence-electron chi connectivity index (χ3n) is 3.43. The lowest BCUT2D eigenvalue weighted by molar-refractivity contribution is 0.445. The quantitative estimate of drug-likeness (QED) is 0.585. The monoisotopic (exact) mass is 400 g/mol. The number of hydrogen-bond acceptors (Lipinski definition) is 12. The molecule has 27 heavy (non-hydrogen) atoms. The van der Waals surface area contributed by atoms with E-state index < -0.39 is 0 Å². The van der Waals surface area contributed by atoms with E-state index >= 15 is 0 Å². The molecule has 0 bridgehead atoms. The van der Waals surface area contributed by atoms with Gasteiger partial charge in [-0.1, -0.05) is 0 Å². The molecule has 2 N–H and O–H groups in total. The average molecular weight is 400 g/mol. The summed E-state index contributed by atoms with van der Waals surface area (Å²) < 4.78 is 8.05. The average Bonchev–Trinajstić information content (AvgIpc) is 3.23. The van der Waals surface area contributed by atoms with Crippen molar-refractivity contribution in [3.05, 3.63) is 28.7 Å². The Morgan fingerprint density at radius 2 is 1.63 bits per heavy atom. The van der Waals surface area contributed by atoms with Crippen LogP contribution in [-0.2, 0) is 0 Å². The molecular weight excluding hydrogens is 388 g/mol. The molecule has 2 heterocycles. The van der Waals surface area contributed by atoms with Gasteiger partial charge in [0.05, 0.1) is 5.69 Å². The van der Waals surface area contributed by atoms with Crippen LogP contribution in [0.4, 0.5) is 21.5 Å². The van der Waals surface area contributed by atoms with Crippen molar-refractivity contribution in [1.82, 2.24) is 13.7 Å². The van der Waals surface area contributed by atoms with Gasteiger partial charge in [-0.05, 0) is 32.3 Å². The van der Waals surface area contributed by atoms with E-state index in [4.69, 9.17) is 5.26 Å². The SMILES string of the molecule is Cc1nsc(/N=N/c2cc(/N=N/c3snc(C)c3C#N)c(O)c(C)c2O)n1. The number of aromatic hydroxyl groups is 2. The minimum Gasteiger partial charge on any atom is -0.505 e. The molecule has 0 atom stereocenters. The molecule has 0 aliphatic rings. The van der Waals surface area contributed by atoms with Crippen molar-refractivity contribution in [2.75, 3.05) is 0 Å². The maximum Gasteiger partial charge on any atom is 0.249 e. The summed E-state index contributed by atoms with van der Waals surface area (Å²) in [7, 11) is 0. The summed E-state index contributed by atoms with van der Waals surface area (Å²) in [4.78, 5) is 4.05. The highest BCUT2D eigenvalue weighted by atomic mass is 32.1. The lowest BCUT2D eigenvalue weighted by atomic mass is 10.1. The van der Waals surface area contributed by atoms with Crippen LogP contribution in [0.5, 0.6) is 11.5 Å². The number of azo groups is 2. The number of aryl methyl sites for hydroxylation is 2. The van der Waals surface area contributed by atoms with Crippen LogP contribution in [0.3, 0.4) is 0 Å². The molecule has 0 amide bonds. The third kappa shape index (κ3) is 3.78. The summed E-state index contributed by atoms with van der Waals surface area (Å²) in [5, 5.41) is 46.0. The van der Waals surface area contributed by atoms with Crippen LogP contribution >= 0.6 is 23.1 Å². The topological polar surface area (TPSA) is 152 Å². The summed E-state index contributed by atoms with van der Waals surface area (Å²) in [5.41, 5.74) is 1.22. The predicted molar refractivity (Wildman–Crippen MR) is 99.1 cm³/mol. The van der Waals surface area contributed by atoms with Crippen LogP contribution in [0.25, 0.3) is 0 Å². The summed E-state index contributed by atoms with van der Waals surface area (Å²) in [6, 6.07) is 3.35. The first-order chi connectivity index (χ1) is 12.9. The van der Waals surface area contributed by atoms with E-state index in [2.05, 4.69) is 34.2 Å². The standard InChI is InChI=1S/C15H12N8O2S2/c1-6-12(24)10(18-20-14-9(5-16)7(2)22-26-14)4-11(13(6)25)19-21-15-17-8(3)23-27-15/h4,24-25H,1-3H3/b20-18+,21-19+. The molecule has 0 unspecified atom stereocenters. The van der Waals surface area contributed by atoms with Crippen molar-refractivity contribution in [2.24, 2.45) is 20.5 Å². The summed E-state index contributed by atoms with van der Waals surface area (Å²) in [5.74, 6) is 0.0900. The number of benzene rings is 1. The highest BCUT2D eigenvalue weighted by Gasteiger charge is 2.15. The molecule has 2 aromatic heterocycles. The number of hydrogen-bond donors (Lipinski definition) is 2. The van der Waals surface area contributed by atoms with E-state index in [1.807, 2.05) is 6.07 Å². The zero-order valence-corrected chi connectivity index (χ0v) is 16.0. The van der Waals surface area contributed by atoms with Crippen molar-refractivity contribution >= 4 is 44.6 Å². The Balaban J connectivity index is 1.98. The van der Waals surface area contributed by atoms with E-state index in [0.29, 0.717) is 27.2 Å². The fraction of sp³-hybridized carbons (Fsp3) is 0.200. The van der Waals surface area contributed by atoms with Crippen molar-refractivity contribution < 1.29 is 10.2 Å². The normalized spacial score (nSPS) is 11.5. The van der Waals surface area contributed by atoms with Gasteiger partial charge >= 0.3 is 0 Å². The van der Waals surface area contributed by atoms with E-state index in [-0.39, 0.29) is 28.4 Å². The second-order valence-electron chi connectivity index (χ2n) is 5.32. The second-order valence-corrected chi connectivity index (χ2v) is 6.80. The number of phenols is 2. The molecule has 10 nitrogen and oxygen atoms in total. The third-order valence-corrected chi connectivity index (χ3v) is 4.95. The van der Waals surface area contributed by atoms with Crippen LogP contribution in [0.15, 0.2) is 26.5 Å². The number of phenolic OH excluding ortho intramolecular Hbond substituents is 2. The van der Waals surface area contributed by atoms with Gasteiger partial charge in [0.1, 0.15) is 40.3 Å². The fourth-order valence-corrected chi connectivity index (χ4v) is 3.17. The Hall–Kier alpha value is -3.30. The van der Waals surface area contributed by atoms with E-state index in [9.17, 15) is 10.2 Å². The molecule has 1 aromatic carbocycles. The van der Waals surface area contributed by atoms with Crippen molar-refractivity contribution in [2.45, 2.75) is 20.8 Å². The predicted octanol–water partition coefficient (Wildman–Crippen LogP) is 5.03. The Bertz CT molecular complexity index is 1110.